The average molecular weight is 456 g/mol. The number of hydrogen-bond donors (Lipinski definition) is 0. The van der Waals surface area contributed by atoms with Crippen molar-refractivity contribution in [2.45, 2.75) is 13.8 Å². The van der Waals surface area contributed by atoms with Crippen LogP contribution >= 0.6 is 0 Å². The molecule has 0 saturated heterocycles. The Bertz CT molecular complexity index is 744. The molecule has 3 aromatic rings. The van der Waals surface area contributed by atoms with E-state index in [1.165, 1.54) is 11.1 Å². The maximum atomic E-state index is 4.09. The van der Waals surface area contributed by atoms with Gasteiger partial charge in [-0.25, -0.2) is 0 Å². The summed E-state index contributed by atoms with van der Waals surface area (Å²) in [7, 11) is 1.83. The molecular weight excluding hydrogens is 440 g/mol. The van der Waals surface area contributed by atoms with E-state index in [4.69, 9.17) is 0 Å². The molecule has 1 heterocycles. The average Bonchev–Trinajstić information content (AvgIpc) is 2.84. The van der Waals surface area contributed by atoms with E-state index < -0.39 is 0 Å². The van der Waals surface area contributed by atoms with E-state index >= 15 is 0 Å². The van der Waals surface area contributed by atoms with Crippen molar-refractivity contribution in [1.29, 1.82) is 0 Å². The molecule has 1 radical (unpaired) electrons. The minimum atomic E-state index is 0. The Morgan fingerprint density at radius 1 is 1.10 bits per heavy atom. The fourth-order valence-electron chi connectivity index (χ4n) is 2.43. The molecule has 0 spiro atoms. The third-order valence-electron chi connectivity index (χ3n) is 3.23. The second-order valence-corrected chi connectivity index (χ2v) is 4.96. The van der Waals surface area contributed by atoms with Gasteiger partial charge in [-0.3, -0.25) is 4.68 Å². The molecule has 109 valence electrons. The van der Waals surface area contributed by atoms with Crippen LogP contribution in [0.1, 0.15) is 11.1 Å². The van der Waals surface area contributed by atoms with Crippen LogP contribution in [-0.2, 0) is 27.2 Å². The van der Waals surface area contributed by atoms with Crippen molar-refractivity contribution >= 4 is 0 Å². The topological polar surface area (TPSA) is 43.6 Å². The van der Waals surface area contributed by atoms with Crippen LogP contribution in [0.2, 0.25) is 0 Å². The Morgan fingerprint density at radius 2 is 1.81 bits per heavy atom. The van der Waals surface area contributed by atoms with E-state index in [-0.39, 0.29) is 20.1 Å². The second-order valence-electron chi connectivity index (χ2n) is 4.96. The van der Waals surface area contributed by atoms with Crippen molar-refractivity contribution in [2.75, 3.05) is 0 Å². The monoisotopic (exact) mass is 456 g/mol. The Labute approximate surface area is 137 Å². The van der Waals surface area contributed by atoms with Crippen molar-refractivity contribution in [3.05, 3.63) is 53.6 Å². The Morgan fingerprint density at radius 3 is 2.43 bits per heavy atom. The van der Waals surface area contributed by atoms with Crippen LogP contribution in [0.5, 0.6) is 0 Å². The molecule has 3 rings (SSSR count). The van der Waals surface area contributed by atoms with Crippen LogP contribution in [-0.4, -0.2) is 20.2 Å². The Kier molecular flexibility index (Phi) is 4.66. The van der Waals surface area contributed by atoms with Crippen molar-refractivity contribution in [2.24, 2.45) is 7.05 Å². The SMILES string of the molecule is Cc1cc(C)cc(-c2ccc[c-]c2-c2nnnn2C)c1.[Ir]. The standard InChI is InChI=1S/C16H15N4.Ir/c1-11-8-12(2)10-13(9-11)14-6-4-5-7-15(14)16-17-18-19-20(16)3;/h4-6,8-10H,1-3H3;/q-1;. The van der Waals surface area contributed by atoms with Crippen molar-refractivity contribution < 1.29 is 20.1 Å². The summed E-state index contributed by atoms with van der Waals surface area (Å²) in [6.07, 6.45) is 0. The second kappa shape index (κ2) is 6.29. The fraction of sp³-hybridized carbons (Fsp3) is 0.188. The summed E-state index contributed by atoms with van der Waals surface area (Å²) in [5, 5.41) is 11.7. The van der Waals surface area contributed by atoms with Crippen LogP contribution in [0, 0.1) is 19.9 Å². The van der Waals surface area contributed by atoms with Gasteiger partial charge in [0.05, 0.1) is 5.82 Å². The number of hydrogen-bond acceptors (Lipinski definition) is 3. The first-order valence-electron chi connectivity index (χ1n) is 6.47. The number of rotatable bonds is 2. The number of benzene rings is 2. The molecular formula is C16H15IrN4-. The molecule has 0 fully saturated rings. The molecule has 0 atom stereocenters. The summed E-state index contributed by atoms with van der Waals surface area (Å²) in [5.74, 6) is 0.722. The van der Waals surface area contributed by atoms with Crippen LogP contribution in [0.3, 0.4) is 0 Å². The van der Waals surface area contributed by atoms with Crippen LogP contribution in [0.4, 0.5) is 0 Å². The minimum Gasteiger partial charge on any atom is -0.268 e. The molecule has 2 aromatic carbocycles. The molecule has 0 amide bonds. The van der Waals surface area contributed by atoms with Gasteiger partial charge < -0.3 is 0 Å². The number of aryl methyl sites for hydroxylation is 3. The minimum absolute atomic E-state index is 0. The van der Waals surface area contributed by atoms with E-state index in [0.29, 0.717) is 0 Å². The van der Waals surface area contributed by atoms with Gasteiger partial charge in [-0.1, -0.05) is 51.2 Å². The van der Waals surface area contributed by atoms with Crippen LogP contribution in [0.15, 0.2) is 36.4 Å². The summed E-state index contributed by atoms with van der Waals surface area (Å²) >= 11 is 0. The summed E-state index contributed by atoms with van der Waals surface area (Å²) < 4.78 is 1.66. The fourth-order valence-corrected chi connectivity index (χ4v) is 2.43. The molecule has 0 saturated carbocycles. The first kappa shape index (κ1) is 15.5. The zero-order chi connectivity index (χ0) is 14.1. The Hall–Kier alpha value is -1.84. The number of nitrogens with zero attached hydrogens (tertiary/aromatic N) is 4. The van der Waals surface area contributed by atoms with E-state index in [1.807, 2.05) is 19.2 Å². The van der Waals surface area contributed by atoms with Gasteiger partial charge in [0.2, 0.25) is 0 Å². The summed E-state index contributed by atoms with van der Waals surface area (Å²) in [4.78, 5) is 0. The molecule has 0 N–H and O–H groups in total. The third-order valence-corrected chi connectivity index (χ3v) is 3.23. The van der Waals surface area contributed by atoms with E-state index in [2.05, 4.69) is 59.7 Å². The molecule has 1 aromatic heterocycles. The van der Waals surface area contributed by atoms with Gasteiger partial charge in [0.15, 0.2) is 0 Å². The molecule has 21 heavy (non-hydrogen) atoms. The summed E-state index contributed by atoms with van der Waals surface area (Å²) in [6.45, 7) is 4.21. The normalized spacial score (nSPS) is 10.2. The maximum absolute atomic E-state index is 4.09. The van der Waals surface area contributed by atoms with Gasteiger partial charge in [0.25, 0.3) is 0 Å². The smallest absolute Gasteiger partial charge is 0.0986 e. The zero-order valence-electron chi connectivity index (χ0n) is 12.1. The zero-order valence-corrected chi connectivity index (χ0v) is 14.5. The van der Waals surface area contributed by atoms with Crippen LogP contribution < -0.4 is 0 Å². The van der Waals surface area contributed by atoms with Gasteiger partial charge >= 0.3 is 0 Å². The van der Waals surface area contributed by atoms with Gasteiger partial charge in [-0.2, -0.15) is 5.10 Å². The molecule has 4 nitrogen and oxygen atoms in total. The quantitative estimate of drug-likeness (QED) is 0.558. The molecule has 5 heteroatoms. The number of aromatic nitrogens is 4. The van der Waals surface area contributed by atoms with E-state index in [9.17, 15) is 0 Å². The first-order valence-corrected chi connectivity index (χ1v) is 6.47. The largest absolute Gasteiger partial charge is 0.268 e. The summed E-state index contributed by atoms with van der Waals surface area (Å²) in [6, 6.07) is 15.7. The first-order chi connectivity index (χ1) is 9.65. The van der Waals surface area contributed by atoms with Crippen molar-refractivity contribution in [1.82, 2.24) is 20.2 Å². The molecule has 0 unspecified atom stereocenters. The predicted molar refractivity (Wildman–Crippen MR) is 78.0 cm³/mol. The van der Waals surface area contributed by atoms with Crippen molar-refractivity contribution in [3.8, 4) is 22.5 Å². The van der Waals surface area contributed by atoms with Crippen LogP contribution in [0.25, 0.3) is 22.5 Å². The number of tetrazole rings is 1. The molecule has 0 bridgehead atoms. The van der Waals surface area contributed by atoms with E-state index in [0.717, 1.165) is 22.5 Å². The van der Waals surface area contributed by atoms with Gasteiger partial charge in [0.1, 0.15) is 0 Å². The van der Waals surface area contributed by atoms with Crippen molar-refractivity contribution in [3.63, 3.8) is 0 Å². The molecule has 0 aliphatic rings. The third kappa shape index (κ3) is 3.09. The maximum Gasteiger partial charge on any atom is 0.0986 e. The van der Waals surface area contributed by atoms with E-state index in [1.54, 1.807) is 4.68 Å². The molecule has 0 aliphatic carbocycles. The van der Waals surface area contributed by atoms with Gasteiger partial charge in [-0.15, -0.1) is 24.3 Å². The van der Waals surface area contributed by atoms with Gasteiger partial charge in [0, 0.05) is 27.2 Å². The van der Waals surface area contributed by atoms with Gasteiger partial charge in [-0.05, 0) is 19.1 Å². The molecule has 0 aliphatic heterocycles. The Balaban J connectivity index is 0.00000161. The summed E-state index contributed by atoms with van der Waals surface area (Å²) in [5.41, 5.74) is 5.66. The predicted octanol–water partition coefficient (Wildman–Crippen LogP) is 2.96.